The van der Waals surface area contributed by atoms with Crippen molar-refractivity contribution in [2.24, 2.45) is 12.8 Å². The first-order chi connectivity index (χ1) is 7.50. The predicted octanol–water partition coefficient (Wildman–Crippen LogP) is 1.70. The van der Waals surface area contributed by atoms with E-state index in [0.29, 0.717) is 5.69 Å². The largest absolute Gasteiger partial charge is 0.385 e. The molecule has 3 nitrogen and oxygen atoms in total. The molecule has 2 aromatic rings. The fourth-order valence-corrected chi connectivity index (χ4v) is 1.88. The van der Waals surface area contributed by atoms with Gasteiger partial charge in [0.15, 0.2) is 0 Å². The highest BCUT2D eigenvalue weighted by molar-refractivity contribution is 5.81. The van der Waals surface area contributed by atoms with Crippen molar-refractivity contribution in [3.63, 3.8) is 0 Å². The number of hydrogen-bond acceptors (Lipinski definition) is 2. The van der Waals surface area contributed by atoms with E-state index in [9.17, 15) is 9.50 Å². The molecule has 2 rings (SSSR count). The standard InChI is InChI=1S/C12H15FN2O/c1-7(14)12(16)11-5-8-3-4-9(13)6-10(8)15(11)2/h3-7,12,16H,14H2,1-2H3. The third-order valence-electron chi connectivity index (χ3n) is 2.85. The summed E-state index contributed by atoms with van der Waals surface area (Å²) in [4.78, 5) is 0. The summed E-state index contributed by atoms with van der Waals surface area (Å²) < 4.78 is 14.9. The van der Waals surface area contributed by atoms with Crippen molar-refractivity contribution in [2.45, 2.75) is 19.1 Å². The second-order valence-electron chi connectivity index (χ2n) is 4.14. The van der Waals surface area contributed by atoms with Gasteiger partial charge in [0.1, 0.15) is 11.9 Å². The number of aromatic nitrogens is 1. The van der Waals surface area contributed by atoms with Crippen molar-refractivity contribution >= 4 is 10.9 Å². The van der Waals surface area contributed by atoms with Crippen LogP contribution in [0.25, 0.3) is 10.9 Å². The van der Waals surface area contributed by atoms with Gasteiger partial charge in [0.2, 0.25) is 0 Å². The Balaban J connectivity index is 2.60. The Labute approximate surface area is 93.3 Å². The highest BCUT2D eigenvalue weighted by Crippen LogP contribution is 2.25. The van der Waals surface area contributed by atoms with Crippen LogP contribution in [0.3, 0.4) is 0 Å². The zero-order valence-electron chi connectivity index (χ0n) is 9.31. The summed E-state index contributed by atoms with van der Waals surface area (Å²) in [5, 5.41) is 10.8. The molecule has 2 atom stereocenters. The van der Waals surface area contributed by atoms with Crippen LogP contribution in [0.4, 0.5) is 4.39 Å². The molecule has 0 spiro atoms. The zero-order chi connectivity index (χ0) is 11.9. The first kappa shape index (κ1) is 11.1. The third-order valence-corrected chi connectivity index (χ3v) is 2.85. The SMILES string of the molecule is CC(N)C(O)c1cc2ccc(F)cc2n1C. The topological polar surface area (TPSA) is 51.2 Å². The van der Waals surface area contributed by atoms with E-state index in [-0.39, 0.29) is 11.9 Å². The van der Waals surface area contributed by atoms with Crippen LogP contribution in [0, 0.1) is 5.82 Å². The van der Waals surface area contributed by atoms with Crippen molar-refractivity contribution in [3.8, 4) is 0 Å². The molecule has 1 aromatic heterocycles. The molecule has 16 heavy (non-hydrogen) atoms. The minimum atomic E-state index is -0.736. The molecule has 4 heteroatoms. The van der Waals surface area contributed by atoms with Crippen molar-refractivity contribution in [2.75, 3.05) is 0 Å². The van der Waals surface area contributed by atoms with Gasteiger partial charge in [-0.05, 0) is 31.2 Å². The van der Waals surface area contributed by atoms with Crippen LogP contribution in [0.1, 0.15) is 18.7 Å². The number of aryl methyl sites for hydroxylation is 1. The predicted molar refractivity (Wildman–Crippen MR) is 61.5 cm³/mol. The fourth-order valence-electron chi connectivity index (χ4n) is 1.88. The molecule has 0 aliphatic carbocycles. The molecule has 0 aliphatic heterocycles. The van der Waals surface area contributed by atoms with Gasteiger partial charge in [-0.25, -0.2) is 4.39 Å². The van der Waals surface area contributed by atoms with E-state index in [1.807, 2.05) is 6.07 Å². The molecule has 1 aromatic carbocycles. The number of fused-ring (bicyclic) bond motifs is 1. The molecule has 0 bridgehead atoms. The minimum Gasteiger partial charge on any atom is -0.385 e. The first-order valence-electron chi connectivity index (χ1n) is 5.19. The van der Waals surface area contributed by atoms with Crippen LogP contribution in [-0.2, 0) is 7.05 Å². The van der Waals surface area contributed by atoms with Crippen LogP contribution in [-0.4, -0.2) is 15.7 Å². The number of nitrogens with two attached hydrogens (primary N) is 1. The maximum atomic E-state index is 13.1. The van der Waals surface area contributed by atoms with E-state index in [4.69, 9.17) is 5.73 Å². The molecular weight excluding hydrogens is 207 g/mol. The average molecular weight is 222 g/mol. The van der Waals surface area contributed by atoms with Gasteiger partial charge in [0.25, 0.3) is 0 Å². The van der Waals surface area contributed by atoms with Crippen LogP contribution in [0.15, 0.2) is 24.3 Å². The lowest BCUT2D eigenvalue weighted by Crippen LogP contribution is -2.25. The average Bonchev–Trinajstić information content (AvgIpc) is 2.55. The number of aliphatic hydroxyl groups is 1. The van der Waals surface area contributed by atoms with E-state index in [2.05, 4.69) is 0 Å². The summed E-state index contributed by atoms with van der Waals surface area (Å²) in [6.45, 7) is 1.74. The van der Waals surface area contributed by atoms with Gasteiger partial charge in [0, 0.05) is 24.2 Å². The van der Waals surface area contributed by atoms with Gasteiger partial charge in [0.05, 0.1) is 5.52 Å². The van der Waals surface area contributed by atoms with Gasteiger partial charge >= 0.3 is 0 Å². The molecule has 86 valence electrons. The summed E-state index contributed by atoms with van der Waals surface area (Å²) in [7, 11) is 1.79. The third kappa shape index (κ3) is 1.70. The number of nitrogens with zero attached hydrogens (tertiary/aromatic N) is 1. The molecule has 3 N–H and O–H groups in total. The monoisotopic (exact) mass is 222 g/mol. The van der Waals surface area contributed by atoms with Gasteiger partial charge in [-0.15, -0.1) is 0 Å². The molecule has 1 heterocycles. The van der Waals surface area contributed by atoms with Gasteiger partial charge in [-0.3, -0.25) is 0 Å². The summed E-state index contributed by atoms with van der Waals surface area (Å²) in [6, 6.07) is 6.04. The zero-order valence-corrected chi connectivity index (χ0v) is 9.31. The fraction of sp³-hybridized carbons (Fsp3) is 0.333. The number of halogens is 1. The first-order valence-corrected chi connectivity index (χ1v) is 5.19. The molecular formula is C12H15FN2O. The summed E-state index contributed by atoms with van der Waals surface area (Å²) in [5.41, 5.74) is 7.11. The highest BCUT2D eigenvalue weighted by atomic mass is 19.1. The molecule has 0 aliphatic rings. The Morgan fingerprint density at radius 3 is 2.69 bits per heavy atom. The molecule has 2 unspecified atom stereocenters. The van der Waals surface area contributed by atoms with Crippen molar-refractivity contribution < 1.29 is 9.50 Å². The lowest BCUT2D eigenvalue weighted by atomic mass is 10.1. The number of benzene rings is 1. The van der Waals surface area contributed by atoms with Crippen LogP contribution < -0.4 is 5.73 Å². The van der Waals surface area contributed by atoms with Crippen molar-refractivity contribution in [1.29, 1.82) is 0 Å². The van der Waals surface area contributed by atoms with Crippen molar-refractivity contribution in [1.82, 2.24) is 4.57 Å². The molecule has 0 amide bonds. The Bertz CT molecular complexity index is 519. The molecule has 0 saturated heterocycles. The number of aliphatic hydroxyl groups excluding tert-OH is 1. The van der Waals surface area contributed by atoms with E-state index in [1.54, 1.807) is 24.6 Å². The van der Waals surface area contributed by atoms with Gasteiger partial charge < -0.3 is 15.4 Å². The van der Waals surface area contributed by atoms with Gasteiger partial charge in [-0.1, -0.05) is 0 Å². The smallest absolute Gasteiger partial charge is 0.125 e. The van der Waals surface area contributed by atoms with E-state index < -0.39 is 6.10 Å². The molecule has 0 radical (unpaired) electrons. The summed E-state index contributed by atoms with van der Waals surface area (Å²) in [5.74, 6) is -0.282. The number of hydrogen-bond donors (Lipinski definition) is 2. The Morgan fingerprint density at radius 2 is 2.06 bits per heavy atom. The molecule has 0 fully saturated rings. The van der Waals surface area contributed by atoms with Crippen LogP contribution >= 0.6 is 0 Å². The lowest BCUT2D eigenvalue weighted by molar-refractivity contribution is 0.146. The number of rotatable bonds is 2. The van der Waals surface area contributed by atoms with Crippen LogP contribution in [0.5, 0.6) is 0 Å². The summed E-state index contributed by atoms with van der Waals surface area (Å²) in [6.07, 6.45) is -0.736. The lowest BCUT2D eigenvalue weighted by Gasteiger charge is -2.15. The minimum absolute atomic E-state index is 0.282. The summed E-state index contributed by atoms with van der Waals surface area (Å²) >= 11 is 0. The second kappa shape index (κ2) is 3.88. The Morgan fingerprint density at radius 1 is 1.38 bits per heavy atom. The van der Waals surface area contributed by atoms with E-state index in [0.717, 1.165) is 10.9 Å². The normalized spacial score (nSPS) is 15.3. The van der Waals surface area contributed by atoms with Gasteiger partial charge in [-0.2, -0.15) is 0 Å². The van der Waals surface area contributed by atoms with Crippen molar-refractivity contribution in [3.05, 3.63) is 35.8 Å². The highest BCUT2D eigenvalue weighted by Gasteiger charge is 2.17. The quantitative estimate of drug-likeness (QED) is 0.812. The van der Waals surface area contributed by atoms with E-state index >= 15 is 0 Å². The van der Waals surface area contributed by atoms with E-state index in [1.165, 1.54) is 12.1 Å². The maximum absolute atomic E-state index is 13.1. The second-order valence-corrected chi connectivity index (χ2v) is 4.14. The molecule has 0 saturated carbocycles. The maximum Gasteiger partial charge on any atom is 0.125 e. The Hall–Kier alpha value is -1.39. The van der Waals surface area contributed by atoms with Crippen LogP contribution in [0.2, 0.25) is 0 Å². The Kier molecular flexibility index (Phi) is 2.69.